The average molecular weight is 355 g/mol. The van der Waals surface area contributed by atoms with Gasteiger partial charge in [-0.1, -0.05) is 53.6 Å². The first-order chi connectivity index (χ1) is 12.0. The minimum atomic E-state index is -1.23. The second-order valence-corrected chi connectivity index (χ2v) is 5.99. The predicted molar refractivity (Wildman–Crippen MR) is 95.5 cm³/mol. The maximum absolute atomic E-state index is 11.5. The van der Waals surface area contributed by atoms with E-state index in [-0.39, 0.29) is 11.4 Å². The van der Waals surface area contributed by atoms with Gasteiger partial charge < -0.3 is 10.2 Å². The molecule has 0 aliphatic rings. The molecule has 1 aromatic heterocycles. The smallest absolute Gasteiger partial charge is 0.356 e. The van der Waals surface area contributed by atoms with Crippen LogP contribution in [-0.2, 0) is 6.61 Å². The van der Waals surface area contributed by atoms with Crippen molar-refractivity contribution in [2.75, 3.05) is 0 Å². The zero-order valence-electron chi connectivity index (χ0n) is 13.4. The van der Waals surface area contributed by atoms with Crippen LogP contribution in [0.2, 0.25) is 5.02 Å². The Morgan fingerprint density at radius 1 is 0.960 bits per heavy atom. The summed E-state index contributed by atoms with van der Waals surface area (Å²) in [6.07, 6.45) is 0. The fraction of sp³-hybridized carbons (Fsp3) is 0.105. The number of carboxylic acid groups (broad SMARTS) is 1. The maximum Gasteiger partial charge on any atom is 0.356 e. The van der Waals surface area contributed by atoms with Crippen LogP contribution in [0.5, 0.6) is 0 Å². The minimum absolute atomic E-state index is 0.0216. The van der Waals surface area contributed by atoms with Gasteiger partial charge >= 0.3 is 5.97 Å². The molecule has 0 saturated carbocycles. The van der Waals surface area contributed by atoms with Gasteiger partial charge in [0.1, 0.15) is 0 Å². The largest absolute Gasteiger partial charge is 0.476 e. The van der Waals surface area contributed by atoms with Crippen molar-refractivity contribution in [3.8, 4) is 22.5 Å². The van der Waals surface area contributed by atoms with E-state index in [4.69, 9.17) is 11.6 Å². The van der Waals surface area contributed by atoms with Gasteiger partial charge in [-0.05, 0) is 19.1 Å². The van der Waals surface area contributed by atoms with E-state index in [1.807, 2.05) is 31.2 Å². The van der Waals surface area contributed by atoms with Gasteiger partial charge in [0.05, 0.1) is 23.7 Å². The quantitative estimate of drug-likeness (QED) is 0.740. The molecule has 1 heterocycles. The molecule has 3 rings (SSSR count). The van der Waals surface area contributed by atoms with Crippen LogP contribution in [0, 0.1) is 6.92 Å². The zero-order chi connectivity index (χ0) is 18.0. The Hall–Kier alpha value is -2.76. The Balaban J connectivity index is 2.28. The van der Waals surface area contributed by atoms with Crippen molar-refractivity contribution >= 4 is 17.6 Å². The van der Waals surface area contributed by atoms with Crippen LogP contribution in [0.1, 0.15) is 21.7 Å². The minimum Gasteiger partial charge on any atom is -0.476 e. The molecule has 0 aliphatic heterocycles. The third-order valence-electron chi connectivity index (χ3n) is 3.76. The third kappa shape index (κ3) is 3.52. The second-order valence-electron chi connectivity index (χ2n) is 5.55. The van der Waals surface area contributed by atoms with E-state index < -0.39 is 12.6 Å². The summed E-state index contributed by atoms with van der Waals surface area (Å²) in [6, 6.07) is 14.6. The number of aromatic carboxylic acids is 1. The zero-order valence-corrected chi connectivity index (χ0v) is 14.2. The van der Waals surface area contributed by atoms with Crippen molar-refractivity contribution in [2.24, 2.45) is 0 Å². The van der Waals surface area contributed by atoms with Crippen molar-refractivity contribution in [3.63, 3.8) is 0 Å². The molecule has 5 nitrogen and oxygen atoms in total. The van der Waals surface area contributed by atoms with Gasteiger partial charge in [-0.25, -0.2) is 14.8 Å². The maximum atomic E-state index is 11.5. The molecule has 0 amide bonds. The molecule has 0 bridgehead atoms. The number of halogens is 1. The van der Waals surface area contributed by atoms with Crippen molar-refractivity contribution in [1.29, 1.82) is 0 Å². The van der Waals surface area contributed by atoms with Gasteiger partial charge in [0.25, 0.3) is 0 Å². The molecule has 6 heteroatoms. The van der Waals surface area contributed by atoms with Crippen LogP contribution in [0.15, 0.2) is 48.5 Å². The Morgan fingerprint density at radius 2 is 1.48 bits per heavy atom. The predicted octanol–water partition coefficient (Wildman–Crippen LogP) is 3.96. The summed E-state index contributed by atoms with van der Waals surface area (Å²) in [5, 5.41) is 19.5. The molecule has 126 valence electrons. The summed E-state index contributed by atoms with van der Waals surface area (Å²) in [6.45, 7) is 1.45. The van der Waals surface area contributed by atoms with Crippen molar-refractivity contribution in [3.05, 3.63) is 70.5 Å². The topological polar surface area (TPSA) is 83.3 Å². The molecular formula is C19H15ClN2O3. The van der Waals surface area contributed by atoms with Gasteiger partial charge in [-0.15, -0.1) is 0 Å². The number of nitrogens with zero attached hydrogens (tertiary/aromatic N) is 2. The molecular weight excluding hydrogens is 340 g/mol. The number of rotatable bonds is 4. The molecule has 3 aromatic rings. The first-order valence-corrected chi connectivity index (χ1v) is 7.95. The van der Waals surface area contributed by atoms with Crippen molar-refractivity contribution in [2.45, 2.75) is 13.5 Å². The van der Waals surface area contributed by atoms with Crippen molar-refractivity contribution < 1.29 is 15.0 Å². The van der Waals surface area contributed by atoms with Crippen LogP contribution >= 0.6 is 11.6 Å². The van der Waals surface area contributed by atoms with Gasteiger partial charge in [0, 0.05) is 16.1 Å². The summed E-state index contributed by atoms with van der Waals surface area (Å²) >= 11 is 5.94. The summed E-state index contributed by atoms with van der Waals surface area (Å²) in [5.41, 5.74) is 3.26. The van der Waals surface area contributed by atoms with Gasteiger partial charge in [-0.2, -0.15) is 0 Å². The Bertz CT molecular complexity index is 923. The lowest BCUT2D eigenvalue weighted by Crippen LogP contribution is -2.11. The SMILES string of the molecule is Cc1ccc(-c2nc(C(=O)O)c(CO)nc2-c2ccc(Cl)cc2)cc1. The first kappa shape index (κ1) is 17.1. The molecule has 2 N–H and O–H groups in total. The molecule has 0 aliphatic carbocycles. The highest BCUT2D eigenvalue weighted by Crippen LogP contribution is 2.31. The molecule has 25 heavy (non-hydrogen) atoms. The normalized spacial score (nSPS) is 10.7. The van der Waals surface area contributed by atoms with Crippen LogP contribution in [0.3, 0.4) is 0 Å². The van der Waals surface area contributed by atoms with Crippen LogP contribution in [0.4, 0.5) is 0 Å². The Kier molecular flexibility index (Phi) is 4.79. The van der Waals surface area contributed by atoms with E-state index in [0.29, 0.717) is 16.4 Å². The van der Waals surface area contributed by atoms with E-state index in [2.05, 4.69) is 9.97 Å². The standard InChI is InChI=1S/C19H15ClN2O3/c1-11-2-4-12(5-3-11)17-16(13-6-8-14(20)9-7-13)21-15(10-23)18(22-17)19(24)25/h2-9,23H,10H2,1H3,(H,24,25). The van der Waals surface area contributed by atoms with E-state index in [9.17, 15) is 15.0 Å². The molecule has 0 atom stereocenters. The first-order valence-electron chi connectivity index (χ1n) is 7.57. The van der Waals surface area contributed by atoms with Crippen LogP contribution in [0.25, 0.3) is 22.5 Å². The number of aryl methyl sites for hydroxylation is 1. The van der Waals surface area contributed by atoms with Crippen molar-refractivity contribution in [1.82, 2.24) is 9.97 Å². The molecule has 0 fully saturated rings. The lowest BCUT2D eigenvalue weighted by atomic mass is 10.0. The van der Waals surface area contributed by atoms with Gasteiger partial charge in [0.2, 0.25) is 0 Å². The van der Waals surface area contributed by atoms with E-state index in [1.54, 1.807) is 24.3 Å². The lowest BCUT2D eigenvalue weighted by molar-refractivity contribution is 0.0686. The molecule has 2 aromatic carbocycles. The third-order valence-corrected chi connectivity index (χ3v) is 4.02. The molecule has 0 spiro atoms. The summed E-state index contributed by atoms with van der Waals surface area (Å²) in [4.78, 5) is 20.1. The number of carbonyl (C=O) groups is 1. The molecule has 0 saturated heterocycles. The molecule has 0 radical (unpaired) electrons. The van der Waals surface area contributed by atoms with Gasteiger partial charge in [-0.3, -0.25) is 0 Å². The second kappa shape index (κ2) is 7.01. The summed E-state index contributed by atoms with van der Waals surface area (Å²) < 4.78 is 0. The van der Waals surface area contributed by atoms with E-state index >= 15 is 0 Å². The fourth-order valence-corrected chi connectivity index (χ4v) is 2.60. The Morgan fingerprint density at radius 3 is 2.00 bits per heavy atom. The van der Waals surface area contributed by atoms with Crippen LogP contribution < -0.4 is 0 Å². The lowest BCUT2D eigenvalue weighted by Gasteiger charge is -2.12. The number of aliphatic hydroxyl groups is 1. The number of hydrogen-bond donors (Lipinski definition) is 2. The van der Waals surface area contributed by atoms with Gasteiger partial charge in [0.15, 0.2) is 5.69 Å². The number of aromatic nitrogens is 2. The van der Waals surface area contributed by atoms with E-state index in [1.165, 1.54) is 0 Å². The van der Waals surface area contributed by atoms with Crippen LogP contribution in [-0.4, -0.2) is 26.2 Å². The number of benzene rings is 2. The Labute approximate surface area is 149 Å². The number of aliphatic hydroxyl groups excluding tert-OH is 1. The average Bonchev–Trinajstić information content (AvgIpc) is 2.62. The monoisotopic (exact) mass is 354 g/mol. The highest BCUT2D eigenvalue weighted by atomic mass is 35.5. The number of carboxylic acids is 1. The van der Waals surface area contributed by atoms with E-state index in [0.717, 1.165) is 16.7 Å². The highest BCUT2D eigenvalue weighted by molar-refractivity contribution is 6.30. The molecule has 0 unspecified atom stereocenters. The fourth-order valence-electron chi connectivity index (χ4n) is 2.47. The number of hydrogen-bond acceptors (Lipinski definition) is 4. The summed E-state index contributed by atoms with van der Waals surface area (Å²) in [5.74, 6) is -1.23. The highest BCUT2D eigenvalue weighted by Gasteiger charge is 2.20. The summed E-state index contributed by atoms with van der Waals surface area (Å²) in [7, 11) is 0.